The van der Waals surface area contributed by atoms with Crippen LogP contribution in [-0.2, 0) is 11.3 Å². The number of morpholine rings is 1. The summed E-state index contributed by atoms with van der Waals surface area (Å²) < 4.78 is 7.13. The van der Waals surface area contributed by atoms with Gasteiger partial charge in [-0.05, 0) is 24.6 Å². The van der Waals surface area contributed by atoms with E-state index in [-0.39, 0.29) is 17.2 Å². The molecule has 1 fully saturated rings. The maximum Gasteiger partial charge on any atom is 0.259 e. The Hall–Kier alpha value is -2.38. The van der Waals surface area contributed by atoms with Gasteiger partial charge in [0, 0.05) is 25.8 Å². The summed E-state index contributed by atoms with van der Waals surface area (Å²) in [6.45, 7) is 6.96. The Labute approximate surface area is 140 Å². The molecule has 0 radical (unpaired) electrons. The van der Waals surface area contributed by atoms with Crippen LogP contribution in [0.25, 0.3) is 0 Å². The molecule has 0 atom stereocenters. The Bertz CT molecular complexity index is 708. The Morgan fingerprint density at radius 1 is 1.33 bits per heavy atom. The third-order valence-electron chi connectivity index (χ3n) is 4.04. The van der Waals surface area contributed by atoms with Crippen molar-refractivity contribution in [3.8, 4) is 5.75 Å². The third kappa shape index (κ3) is 4.12. The number of nitrogens with one attached hydrogen (secondary N) is 1. The molecule has 128 valence electrons. The van der Waals surface area contributed by atoms with Crippen molar-refractivity contribution in [2.45, 2.75) is 13.5 Å². The zero-order valence-corrected chi connectivity index (χ0v) is 13.7. The first kappa shape index (κ1) is 16.5. The molecular weight excluding hydrogens is 308 g/mol. The van der Waals surface area contributed by atoms with E-state index in [0.717, 1.165) is 45.0 Å². The summed E-state index contributed by atoms with van der Waals surface area (Å²) in [4.78, 5) is 14.6. The first-order chi connectivity index (χ1) is 11.6. The van der Waals surface area contributed by atoms with Crippen molar-refractivity contribution in [3.05, 3.63) is 41.7 Å². The predicted molar refractivity (Wildman–Crippen MR) is 90.3 cm³/mol. The van der Waals surface area contributed by atoms with Gasteiger partial charge in [-0.2, -0.15) is 5.10 Å². The molecule has 0 saturated carbocycles. The zero-order chi connectivity index (χ0) is 16.9. The lowest BCUT2D eigenvalue weighted by Gasteiger charge is -2.26. The predicted octanol–water partition coefficient (Wildman–Crippen LogP) is 1.48. The van der Waals surface area contributed by atoms with Crippen LogP contribution in [0.15, 0.2) is 30.6 Å². The molecule has 0 aliphatic carbocycles. The summed E-state index contributed by atoms with van der Waals surface area (Å²) in [5.41, 5.74) is 1.77. The van der Waals surface area contributed by atoms with Crippen LogP contribution in [0.3, 0.4) is 0 Å². The molecule has 2 aromatic rings. The van der Waals surface area contributed by atoms with Crippen LogP contribution in [0.4, 0.5) is 5.69 Å². The summed E-state index contributed by atoms with van der Waals surface area (Å²) in [6, 6.07) is 4.98. The van der Waals surface area contributed by atoms with Gasteiger partial charge in [-0.15, -0.1) is 0 Å². The van der Waals surface area contributed by atoms with E-state index in [4.69, 9.17) is 4.74 Å². The number of ether oxygens (including phenoxy) is 1. The van der Waals surface area contributed by atoms with Gasteiger partial charge in [0.15, 0.2) is 0 Å². The average Bonchev–Trinajstić information content (AvgIpc) is 3.01. The highest BCUT2D eigenvalue weighted by Gasteiger charge is 2.13. The molecule has 1 aliphatic rings. The number of amides is 1. The van der Waals surface area contributed by atoms with Gasteiger partial charge in [0.1, 0.15) is 5.75 Å². The van der Waals surface area contributed by atoms with E-state index < -0.39 is 0 Å². The number of carbonyl (C=O) groups excluding carboxylic acids is 1. The minimum Gasteiger partial charge on any atom is -0.507 e. The molecule has 2 N–H and O–H groups in total. The molecule has 1 aromatic carbocycles. The van der Waals surface area contributed by atoms with E-state index in [1.165, 1.54) is 0 Å². The highest BCUT2D eigenvalue weighted by molar-refractivity contribution is 6.06. The molecule has 24 heavy (non-hydrogen) atoms. The number of carbonyl (C=O) groups is 1. The molecule has 1 amide bonds. The number of phenols is 1. The number of anilines is 1. The molecule has 2 heterocycles. The molecule has 3 rings (SSSR count). The summed E-state index contributed by atoms with van der Waals surface area (Å²) in [5.74, 6) is -0.368. The molecule has 7 nitrogen and oxygen atoms in total. The van der Waals surface area contributed by atoms with Gasteiger partial charge in [-0.3, -0.25) is 14.4 Å². The quantitative estimate of drug-likeness (QED) is 0.868. The van der Waals surface area contributed by atoms with Gasteiger partial charge in [0.2, 0.25) is 0 Å². The van der Waals surface area contributed by atoms with Crippen LogP contribution >= 0.6 is 0 Å². The fraction of sp³-hybridized carbons (Fsp3) is 0.412. The Balaban J connectivity index is 1.56. The van der Waals surface area contributed by atoms with E-state index in [1.54, 1.807) is 35.3 Å². The van der Waals surface area contributed by atoms with E-state index in [0.29, 0.717) is 5.69 Å². The van der Waals surface area contributed by atoms with Crippen LogP contribution in [0.5, 0.6) is 5.75 Å². The lowest BCUT2D eigenvalue weighted by Crippen LogP contribution is -2.38. The van der Waals surface area contributed by atoms with Gasteiger partial charge >= 0.3 is 0 Å². The molecule has 0 unspecified atom stereocenters. The molecule has 1 aromatic heterocycles. The number of aromatic nitrogens is 2. The Morgan fingerprint density at radius 2 is 2.12 bits per heavy atom. The smallest absolute Gasteiger partial charge is 0.259 e. The monoisotopic (exact) mass is 330 g/mol. The number of hydrogen-bond acceptors (Lipinski definition) is 5. The topological polar surface area (TPSA) is 79.6 Å². The number of benzene rings is 1. The summed E-state index contributed by atoms with van der Waals surface area (Å²) in [5, 5.41) is 16.9. The van der Waals surface area contributed by atoms with Gasteiger partial charge in [-0.1, -0.05) is 6.07 Å². The molecular formula is C17H22N4O3. The van der Waals surface area contributed by atoms with Crippen LogP contribution in [0, 0.1) is 6.92 Å². The van der Waals surface area contributed by atoms with Crippen molar-refractivity contribution < 1.29 is 14.6 Å². The van der Waals surface area contributed by atoms with Crippen LogP contribution < -0.4 is 5.32 Å². The van der Waals surface area contributed by atoms with Gasteiger partial charge in [0.05, 0.1) is 37.2 Å². The molecule has 1 saturated heterocycles. The minimum atomic E-state index is -0.347. The highest BCUT2D eigenvalue weighted by atomic mass is 16.5. The van der Waals surface area contributed by atoms with Crippen molar-refractivity contribution in [2.24, 2.45) is 0 Å². The normalized spacial score (nSPS) is 15.4. The van der Waals surface area contributed by atoms with Crippen LogP contribution in [0.1, 0.15) is 15.9 Å². The SMILES string of the molecule is Cc1ccc(C(=O)Nc2cnn(CCN3CCOCC3)c2)c(O)c1. The molecule has 0 bridgehead atoms. The minimum absolute atomic E-state index is 0.0211. The first-order valence-electron chi connectivity index (χ1n) is 8.05. The number of aromatic hydroxyl groups is 1. The second-order valence-electron chi connectivity index (χ2n) is 5.92. The number of aryl methyl sites for hydroxylation is 1. The lowest BCUT2D eigenvalue weighted by atomic mass is 10.1. The number of rotatable bonds is 5. The van der Waals surface area contributed by atoms with Gasteiger partial charge in [0.25, 0.3) is 5.91 Å². The number of nitrogens with zero attached hydrogens (tertiary/aromatic N) is 3. The standard InChI is InChI=1S/C17H22N4O3/c1-13-2-3-15(16(22)10-13)17(23)19-14-11-18-21(12-14)5-4-20-6-8-24-9-7-20/h2-3,10-12,22H,4-9H2,1H3,(H,19,23). The Kier molecular flexibility index (Phi) is 5.12. The van der Waals surface area contributed by atoms with E-state index in [1.807, 2.05) is 6.92 Å². The maximum atomic E-state index is 12.2. The maximum absolute atomic E-state index is 12.2. The molecule has 0 spiro atoms. The summed E-state index contributed by atoms with van der Waals surface area (Å²) in [6.07, 6.45) is 3.41. The van der Waals surface area contributed by atoms with Crippen molar-refractivity contribution in [2.75, 3.05) is 38.2 Å². The van der Waals surface area contributed by atoms with E-state index >= 15 is 0 Å². The second-order valence-corrected chi connectivity index (χ2v) is 5.92. The van der Waals surface area contributed by atoms with Crippen molar-refractivity contribution in [1.29, 1.82) is 0 Å². The number of hydrogen-bond donors (Lipinski definition) is 2. The largest absolute Gasteiger partial charge is 0.507 e. The zero-order valence-electron chi connectivity index (χ0n) is 13.7. The average molecular weight is 330 g/mol. The van der Waals surface area contributed by atoms with Crippen molar-refractivity contribution >= 4 is 11.6 Å². The second kappa shape index (κ2) is 7.46. The van der Waals surface area contributed by atoms with E-state index in [9.17, 15) is 9.90 Å². The van der Waals surface area contributed by atoms with Crippen LogP contribution in [-0.4, -0.2) is 58.5 Å². The lowest BCUT2D eigenvalue weighted by molar-refractivity contribution is 0.0360. The number of phenolic OH excluding ortho intramolecular Hbond substituents is 1. The van der Waals surface area contributed by atoms with Crippen molar-refractivity contribution in [3.63, 3.8) is 0 Å². The van der Waals surface area contributed by atoms with Gasteiger partial charge < -0.3 is 15.2 Å². The fourth-order valence-electron chi connectivity index (χ4n) is 2.65. The fourth-order valence-corrected chi connectivity index (χ4v) is 2.65. The summed E-state index contributed by atoms with van der Waals surface area (Å²) in [7, 11) is 0. The summed E-state index contributed by atoms with van der Waals surface area (Å²) >= 11 is 0. The third-order valence-corrected chi connectivity index (χ3v) is 4.04. The Morgan fingerprint density at radius 3 is 2.88 bits per heavy atom. The van der Waals surface area contributed by atoms with E-state index in [2.05, 4.69) is 15.3 Å². The molecule has 7 heteroatoms. The molecule has 1 aliphatic heterocycles. The first-order valence-corrected chi connectivity index (χ1v) is 8.05. The highest BCUT2D eigenvalue weighted by Crippen LogP contribution is 2.19. The van der Waals surface area contributed by atoms with Gasteiger partial charge in [-0.25, -0.2) is 0 Å². The van der Waals surface area contributed by atoms with Crippen LogP contribution in [0.2, 0.25) is 0 Å². The van der Waals surface area contributed by atoms with Crippen molar-refractivity contribution in [1.82, 2.24) is 14.7 Å².